The number of benzene rings is 2. The van der Waals surface area contributed by atoms with E-state index >= 15 is 4.39 Å². The third kappa shape index (κ3) is 3.00. The number of fused-ring (bicyclic) bond motifs is 4. The number of aryl methyl sites for hydroxylation is 1. The number of rotatable bonds is 4. The van der Waals surface area contributed by atoms with Crippen molar-refractivity contribution in [3.63, 3.8) is 0 Å². The Morgan fingerprint density at radius 1 is 1.22 bits per heavy atom. The summed E-state index contributed by atoms with van der Waals surface area (Å²) < 4.78 is 22.4. The number of nitrogen functional groups attached to an aromatic ring is 1. The number of nitrogens with two attached hydrogens (primary N) is 1. The lowest BCUT2D eigenvalue weighted by Crippen LogP contribution is -2.69. The SMILES string of the molecule is Cc1nc2ccc(C(C)N(C(=O)c3cc4c5c(c(N)nc4cc3F)[C@@H](C)OC5)C34CC(C3)C4)cc2s1. The summed E-state index contributed by atoms with van der Waals surface area (Å²) in [4.78, 5) is 25.1. The van der Waals surface area contributed by atoms with Crippen molar-refractivity contribution in [2.24, 2.45) is 5.92 Å². The fourth-order valence-electron chi connectivity index (χ4n) is 6.58. The normalized spacial score (nSPS) is 24.9. The lowest BCUT2D eigenvalue weighted by molar-refractivity contribution is -0.137. The van der Waals surface area contributed by atoms with Gasteiger partial charge in [0.15, 0.2) is 0 Å². The van der Waals surface area contributed by atoms with E-state index in [1.54, 1.807) is 17.4 Å². The Kier molecular flexibility index (Phi) is 4.58. The average molecular weight is 503 g/mol. The first-order valence-electron chi connectivity index (χ1n) is 12.5. The summed E-state index contributed by atoms with van der Waals surface area (Å²) in [6.07, 6.45) is 2.78. The van der Waals surface area contributed by atoms with Gasteiger partial charge in [0.25, 0.3) is 5.91 Å². The molecule has 3 aliphatic carbocycles. The summed E-state index contributed by atoms with van der Waals surface area (Å²) in [7, 11) is 0. The van der Waals surface area contributed by atoms with E-state index in [9.17, 15) is 4.79 Å². The molecule has 3 heterocycles. The van der Waals surface area contributed by atoms with Crippen molar-refractivity contribution >= 4 is 44.2 Å². The number of pyridine rings is 1. The molecule has 3 saturated carbocycles. The van der Waals surface area contributed by atoms with Crippen LogP contribution in [0.25, 0.3) is 21.1 Å². The molecule has 2 atom stereocenters. The van der Waals surface area contributed by atoms with E-state index in [1.807, 2.05) is 30.9 Å². The second kappa shape index (κ2) is 7.46. The number of nitrogens with zero attached hydrogens (tertiary/aromatic N) is 3. The molecule has 2 N–H and O–H groups in total. The first kappa shape index (κ1) is 22.1. The van der Waals surface area contributed by atoms with E-state index < -0.39 is 5.82 Å². The Morgan fingerprint density at radius 3 is 2.72 bits per heavy atom. The van der Waals surface area contributed by atoms with Crippen molar-refractivity contribution in [3.8, 4) is 0 Å². The van der Waals surface area contributed by atoms with E-state index in [0.717, 1.165) is 56.6 Å². The van der Waals surface area contributed by atoms with Crippen LogP contribution < -0.4 is 5.73 Å². The molecule has 6 nitrogen and oxygen atoms in total. The summed E-state index contributed by atoms with van der Waals surface area (Å²) in [5.74, 6) is 0.204. The topological polar surface area (TPSA) is 81.3 Å². The van der Waals surface area contributed by atoms with E-state index in [1.165, 1.54) is 6.07 Å². The van der Waals surface area contributed by atoms with Crippen LogP contribution in [0.5, 0.6) is 0 Å². The van der Waals surface area contributed by atoms with Crippen LogP contribution in [-0.2, 0) is 11.3 Å². The molecule has 36 heavy (non-hydrogen) atoms. The minimum Gasteiger partial charge on any atom is -0.383 e. The Balaban J connectivity index is 1.34. The molecule has 1 aliphatic heterocycles. The first-order chi connectivity index (χ1) is 17.2. The summed E-state index contributed by atoms with van der Waals surface area (Å²) in [6.45, 7) is 6.36. The minimum absolute atomic E-state index is 0.0853. The van der Waals surface area contributed by atoms with Crippen LogP contribution in [0.15, 0.2) is 30.3 Å². The zero-order valence-corrected chi connectivity index (χ0v) is 21.3. The molecule has 0 spiro atoms. The molecule has 184 valence electrons. The molecule has 2 aromatic carbocycles. The zero-order chi connectivity index (χ0) is 24.9. The van der Waals surface area contributed by atoms with E-state index in [2.05, 4.69) is 23.0 Å². The Bertz CT molecular complexity index is 1580. The highest BCUT2D eigenvalue weighted by Gasteiger charge is 2.62. The number of ether oxygens (including phenoxy) is 1. The standard InChI is InChI=1S/C28H27FN4O2S/c1-13(17-4-5-22-24(6-17)36-15(3)31-22)33(28-9-16(10-28)11-28)27(34)19-7-18-20-12-35-14(2)25(20)26(30)32-23(18)8-21(19)29/h4-8,13-14,16H,9-12H2,1-3H3,(H2,30,32)/t13?,14-,16?,28?/m1/s1. The van der Waals surface area contributed by atoms with Gasteiger partial charge in [0, 0.05) is 22.6 Å². The van der Waals surface area contributed by atoms with Crippen molar-refractivity contribution in [2.45, 2.75) is 64.3 Å². The van der Waals surface area contributed by atoms with Crippen molar-refractivity contribution in [1.29, 1.82) is 0 Å². The molecule has 1 unspecified atom stereocenters. The van der Waals surface area contributed by atoms with Crippen LogP contribution >= 0.6 is 11.3 Å². The Labute approximate surface area is 212 Å². The molecule has 8 rings (SSSR count). The summed E-state index contributed by atoms with van der Waals surface area (Å²) in [5, 5.41) is 1.75. The maximum atomic E-state index is 15.5. The van der Waals surface area contributed by atoms with Crippen LogP contribution in [0.4, 0.5) is 10.2 Å². The van der Waals surface area contributed by atoms with Crippen LogP contribution in [0.3, 0.4) is 0 Å². The van der Waals surface area contributed by atoms with E-state index in [-0.39, 0.29) is 29.2 Å². The molecule has 2 bridgehead atoms. The lowest BCUT2D eigenvalue weighted by Gasteiger charge is -2.67. The second-order valence-corrected chi connectivity index (χ2v) is 11.9. The van der Waals surface area contributed by atoms with Gasteiger partial charge in [0.2, 0.25) is 0 Å². The largest absolute Gasteiger partial charge is 0.383 e. The quantitative estimate of drug-likeness (QED) is 0.358. The highest BCUT2D eigenvalue weighted by Crippen LogP contribution is 2.62. The number of aromatic nitrogens is 2. The van der Waals surface area contributed by atoms with Crippen molar-refractivity contribution in [1.82, 2.24) is 14.9 Å². The van der Waals surface area contributed by atoms with Gasteiger partial charge in [0.1, 0.15) is 11.6 Å². The maximum absolute atomic E-state index is 15.5. The van der Waals surface area contributed by atoms with Gasteiger partial charge in [-0.3, -0.25) is 4.79 Å². The van der Waals surface area contributed by atoms with Crippen molar-refractivity contribution in [2.75, 3.05) is 5.73 Å². The highest BCUT2D eigenvalue weighted by atomic mass is 32.1. The predicted octanol–water partition coefficient (Wildman–Crippen LogP) is 6.22. The third-order valence-electron chi connectivity index (χ3n) is 8.49. The van der Waals surface area contributed by atoms with Gasteiger partial charge >= 0.3 is 0 Å². The number of halogens is 1. The molecule has 1 amide bonds. The summed E-state index contributed by atoms with van der Waals surface area (Å²) >= 11 is 1.65. The number of thiazole rings is 1. The molecule has 4 aliphatic rings. The number of anilines is 1. The highest BCUT2D eigenvalue weighted by molar-refractivity contribution is 7.18. The number of carbonyl (C=O) groups is 1. The fourth-order valence-corrected chi connectivity index (χ4v) is 7.45. The summed E-state index contributed by atoms with van der Waals surface area (Å²) in [6, 6.07) is 9.02. The smallest absolute Gasteiger partial charge is 0.257 e. The van der Waals surface area contributed by atoms with Crippen molar-refractivity contribution < 1.29 is 13.9 Å². The number of hydrogen-bond acceptors (Lipinski definition) is 6. The Morgan fingerprint density at radius 2 is 2.00 bits per heavy atom. The van der Waals surface area contributed by atoms with Crippen molar-refractivity contribution in [3.05, 3.63) is 63.4 Å². The molecule has 0 radical (unpaired) electrons. The lowest BCUT2D eigenvalue weighted by atomic mass is 9.48. The van der Waals surface area contributed by atoms with Gasteiger partial charge in [-0.15, -0.1) is 11.3 Å². The molecule has 8 heteroatoms. The fraction of sp³-hybridized carbons (Fsp3) is 0.393. The zero-order valence-electron chi connectivity index (χ0n) is 20.5. The van der Waals surface area contributed by atoms with Crippen LogP contribution in [-0.4, -0.2) is 26.3 Å². The molecule has 2 aromatic heterocycles. The number of amides is 1. The monoisotopic (exact) mass is 502 g/mol. The number of carbonyl (C=O) groups excluding carboxylic acids is 1. The van der Waals surface area contributed by atoms with Crippen LogP contribution in [0.2, 0.25) is 0 Å². The second-order valence-electron chi connectivity index (χ2n) is 10.7. The van der Waals surface area contributed by atoms with Gasteiger partial charge in [-0.1, -0.05) is 6.07 Å². The third-order valence-corrected chi connectivity index (χ3v) is 9.43. The summed E-state index contributed by atoms with van der Waals surface area (Å²) in [5.41, 5.74) is 10.3. The molecular weight excluding hydrogens is 475 g/mol. The van der Waals surface area contributed by atoms with E-state index in [0.29, 0.717) is 23.9 Å². The van der Waals surface area contributed by atoms with E-state index in [4.69, 9.17) is 10.5 Å². The van der Waals surface area contributed by atoms with Crippen LogP contribution in [0.1, 0.15) is 77.3 Å². The van der Waals surface area contributed by atoms with Gasteiger partial charge < -0.3 is 15.4 Å². The first-order valence-corrected chi connectivity index (χ1v) is 13.3. The van der Waals surface area contributed by atoms with Gasteiger partial charge in [0.05, 0.1) is 45.1 Å². The van der Waals surface area contributed by atoms with Gasteiger partial charge in [-0.2, -0.15) is 0 Å². The van der Waals surface area contributed by atoms with Gasteiger partial charge in [-0.05, 0) is 75.3 Å². The average Bonchev–Trinajstić information content (AvgIpc) is 3.35. The number of hydrogen-bond donors (Lipinski definition) is 1. The predicted molar refractivity (Wildman–Crippen MR) is 138 cm³/mol. The minimum atomic E-state index is -0.566. The maximum Gasteiger partial charge on any atom is 0.257 e. The molecular formula is C28H27FN4O2S. The molecule has 3 fully saturated rings. The molecule has 0 saturated heterocycles. The molecule has 4 aromatic rings. The Hall–Kier alpha value is -3.10. The van der Waals surface area contributed by atoms with Crippen LogP contribution in [0, 0.1) is 18.7 Å². The van der Waals surface area contributed by atoms with Gasteiger partial charge in [-0.25, -0.2) is 14.4 Å².